The Kier molecular flexibility index (Phi) is 1.83. The molecule has 1 unspecified atom stereocenters. The molecule has 0 bridgehead atoms. The molecule has 1 aliphatic heterocycles. The average molecular weight is 117 g/mol. The van der Waals surface area contributed by atoms with Gasteiger partial charge in [-0.1, -0.05) is 0 Å². The fourth-order valence-corrected chi connectivity index (χ4v) is 0.872. The SMILES string of the molecule is NC(O)[C@@H]1CCCO1. The molecule has 3 heteroatoms. The summed E-state index contributed by atoms with van der Waals surface area (Å²) in [4.78, 5) is 0. The summed E-state index contributed by atoms with van der Waals surface area (Å²) in [5.41, 5.74) is 5.13. The lowest BCUT2D eigenvalue weighted by Crippen LogP contribution is -2.33. The second-order valence-corrected chi connectivity index (χ2v) is 2.04. The molecular weight excluding hydrogens is 106 g/mol. The highest BCUT2D eigenvalue weighted by molar-refractivity contribution is 4.68. The zero-order valence-corrected chi connectivity index (χ0v) is 4.71. The third-order valence-corrected chi connectivity index (χ3v) is 1.35. The molecule has 0 aromatic heterocycles. The second kappa shape index (κ2) is 2.44. The highest BCUT2D eigenvalue weighted by atomic mass is 16.5. The van der Waals surface area contributed by atoms with Crippen LogP contribution in [-0.2, 0) is 4.74 Å². The van der Waals surface area contributed by atoms with Crippen LogP contribution in [0.2, 0.25) is 0 Å². The van der Waals surface area contributed by atoms with Crippen molar-refractivity contribution in [3.63, 3.8) is 0 Å². The van der Waals surface area contributed by atoms with E-state index in [1.54, 1.807) is 0 Å². The predicted octanol–water partition coefficient (Wildman–Crippen LogP) is -0.558. The Balaban J connectivity index is 2.24. The van der Waals surface area contributed by atoms with Crippen LogP contribution in [-0.4, -0.2) is 24.0 Å². The lowest BCUT2D eigenvalue weighted by molar-refractivity contribution is 0.00226. The molecule has 0 aromatic rings. The molecule has 0 amide bonds. The van der Waals surface area contributed by atoms with Crippen molar-refractivity contribution < 1.29 is 9.84 Å². The van der Waals surface area contributed by atoms with E-state index in [4.69, 9.17) is 15.6 Å². The summed E-state index contributed by atoms with van der Waals surface area (Å²) in [5.74, 6) is 0. The molecule has 2 atom stereocenters. The lowest BCUT2D eigenvalue weighted by atomic mass is 10.2. The molecule has 3 N–H and O–H groups in total. The molecule has 48 valence electrons. The van der Waals surface area contributed by atoms with Crippen LogP contribution in [0.15, 0.2) is 0 Å². The van der Waals surface area contributed by atoms with Crippen LogP contribution >= 0.6 is 0 Å². The molecule has 1 fully saturated rings. The van der Waals surface area contributed by atoms with Crippen LogP contribution in [0.4, 0.5) is 0 Å². The first kappa shape index (κ1) is 6.01. The summed E-state index contributed by atoms with van der Waals surface area (Å²) in [5, 5.41) is 8.70. The molecule has 1 heterocycles. The van der Waals surface area contributed by atoms with Gasteiger partial charge < -0.3 is 15.6 Å². The summed E-state index contributed by atoms with van der Waals surface area (Å²) in [7, 11) is 0. The highest BCUT2D eigenvalue weighted by Gasteiger charge is 2.20. The van der Waals surface area contributed by atoms with E-state index >= 15 is 0 Å². The Bertz CT molecular complexity index is 68.8. The third kappa shape index (κ3) is 1.18. The first-order valence-electron chi connectivity index (χ1n) is 2.86. The van der Waals surface area contributed by atoms with Crippen molar-refractivity contribution in [2.75, 3.05) is 6.61 Å². The van der Waals surface area contributed by atoms with E-state index < -0.39 is 6.23 Å². The molecule has 0 spiro atoms. The third-order valence-electron chi connectivity index (χ3n) is 1.35. The number of aliphatic hydroxyl groups excluding tert-OH is 1. The molecular formula is C5H11NO2. The molecule has 8 heavy (non-hydrogen) atoms. The van der Waals surface area contributed by atoms with Crippen LogP contribution < -0.4 is 5.73 Å². The number of rotatable bonds is 1. The maximum absolute atomic E-state index is 8.70. The van der Waals surface area contributed by atoms with Crippen molar-refractivity contribution in [3.05, 3.63) is 0 Å². The maximum atomic E-state index is 8.70. The zero-order chi connectivity index (χ0) is 5.98. The van der Waals surface area contributed by atoms with E-state index in [9.17, 15) is 0 Å². The van der Waals surface area contributed by atoms with Crippen molar-refractivity contribution in [2.45, 2.75) is 25.2 Å². The van der Waals surface area contributed by atoms with Crippen molar-refractivity contribution >= 4 is 0 Å². The fourth-order valence-electron chi connectivity index (χ4n) is 0.872. The Labute approximate surface area is 48.4 Å². The van der Waals surface area contributed by atoms with E-state index in [2.05, 4.69) is 0 Å². The normalized spacial score (nSPS) is 33.0. The number of hydrogen-bond donors (Lipinski definition) is 2. The van der Waals surface area contributed by atoms with Gasteiger partial charge in [-0.05, 0) is 12.8 Å². The van der Waals surface area contributed by atoms with Gasteiger partial charge in [-0.3, -0.25) is 0 Å². The van der Waals surface area contributed by atoms with Crippen LogP contribution in [0.1, 0.15) is 12.8 Å². The standard InChI is InChI=1S/C5H11NO2/c6-5(7)4-2-1-3-8-4/h4-5,7H,1-3,6H2/t4-,5?/m0/s1. The maximum Gasteiger partial charge on any atom is 0.128 e. The molecule has 0 saturated carbocycles. The van der Waals surface area contributed by atoms with Crippen LogP contribution in [0.25, 0.3) is 0 Å². The van der Waals surface area contributed by atoms with Crippen LogP contribution in [0.3, 0.4) is 0 Å². The molecule has 0 radical (unpaired) electrons. The van der Waals surface area contributed by atoms with Gasteiger partial charge in [0.05, 0.1) is 6.10 Å². The Morgan fingerprint density at radius 2 is 2.50 bits per heavy atom. The minimum atomic E-state index is -0.780. The van der Waals surface area contributed by atoms with E-state index in [-0.39, 0.29) is 6.10 Å². The Morgan fingerprint density at radius 3 is 2.75 bits per heavy atom. The van der Waals surface area contributed by atoms with Gasteiger partial charge in [0.25, 0.3) is 0 Å². The molecule has 3 nitrogen and oxygen atoms in total. The smallest absolute Gasteiger partial charge is 0.128 e. The molecule has 0 aromatic carbocycles. The molecule has 1 rings (SSSR count). The summed E-state index contributed by atoms with van der Waals surface area (Å²) in [6.07, 6.45) is 1.05. The van der Waals surface area contributed by atoms with Gasteiger partial charge in [-0.15, -0.1) is 0 Å². The van der Waals surface area contributed by atoms with Gasteiger partial charge in [0.15, 0.2) is 0 Å². The lowest BCUT2D eigenvalue weighted by Gasteiger charge is -2.10. The fraction of sp³-hybridized carbons (Fsp3) is 1.00. The summed E-state index contributed by atoms with van der Waals surface area (Å²) in [6.45, 7) is 0.749. The minimum Gasteiger partial charge on any atom is -0.376 e. The zero-order valence-electron chi connectivity index (χ0n) is 4.71. The molecule has 1 aliphatic rings. The highest BCUT2D eigenvalue weighted by Crippen LogP contribution is 2.12. The first-order valence-corrected chi connectivity index (χ1v) is 2.86. The summed E-state index contributed by atoms with van der Waals surface area (Å²) in [6, 6.07) is 0. The average Bonchev–Trinajstić information content (AvgIpc) is 2.12. The van der Waals surface area contributed by atoms with Crippen molar-refractivity contribution in [3.8, 4) is 0 Å². The van der Waals surface area contributed by atoms with Crippen LogP contribution in [0.5, 0.6) is 0 Å². The summed E-state index contributed by atoms with van der Waals surface area (Å²) >= 11 is 0. The quantitative estimate of drug-likeness (QED) is 0.453. The van der Waals surface area contributed by atoms with Gasteiger partial charge in [0.1, 0.15) is 6.23 Å². The van der Waals surface area contributed by atoms with E-state index in [0.29, 0.717) is 0 Å². The summed E-state index contributed by atoms with van der Waals surface area (Å²) < 4.78 is 5.04. The first-order chi connectivity index (χ1) is 3.80. The number of hydrogen-bond acceptors (Lipinski definition) is 3. The second-order valence-electron chi connectivity index (χ2n) is 2.04. The van der Waals surface area contributed by atoms with Crippen molar-refractivity contribution in [1.82, 2.24) is 0 Å². The largest absolute Gasteiger partial charge is 0.376 e. The number of ether oxygens (including phenoxy) is 1. The van der Waals surface area contributed by atoms with E-state index in [0.717, 1.165) is 19.4 Å². The van der Waals surface area contributed by atoms with Crippen molar-refractivity contribution in [2.24, 2.45) is 5.73 Å². The van der Waals surface area contributed by atoms with Gasteiger partial charge in [0.2, 0.25) is 0 Å². The Morgan fingerprint density at radius 1 is 1.75 bits per heavy atom. The predicted molar refractivity (Wildman–Crippen MR) is 29.2 cm³/mol. The molecule has 0 aliphatic carbocycles. The van der Waals surface area contributed by atoms with Gasteiger partial charge in [-0.2, -0.15) is 0 Å². The minimum absolute atomic E-state index is 0.102. The number of aliphatic hydroxyl groups is 1. The van der Waals surface area contributed by atoms with Gasteiger partial charge in [0, 0.05) is 6.61 Å². The van der Waals surface area contributed by atoms with E-state index in [1.165, 1.54) is 0 Å². The monoisotopic (exact) mass is 117 g/mol. The Hall–Kier alpha value is -0.120. The number of nitrogens with two attached hydrogens (primary N) is 1. The van der Waals surface area contributed by atoms with E-state index in [1.807, 2.05) is 0 Å². The van der Waals surface area contributed by atoms with Crippen LogP contribution in [0, 0.1) is 0 Å². The van der Waals surface area contributed by atoms with Gasteiger partial charge in [-0.25, -0.2) is 0 Å². The topological polar surface area (TPSA) is 55.5 Å². The van der Waals surface area contributed by atoms with Gasteiger partial charge >= 0.3 is 0 Å². The van der Waals surface area contributed by atoms with Crippen molar-refractivity contribution in [1.29, 1.82) is 0 Å². The molecule has 1 saturated heterocycles.